The van der Waals surface area contributed by atoms with E-state index in [0.717, 1.165) is 17.8 Å². The largest absolute Gasteiger partial charge is 0.378 e. The highest BCUT2D eigenvalue weighted by Crippen LogP contribution is 2.52. The molecule has 1 N–H and O–H groups in total. The average Bonchev–Trinajstić information content (AvgIpc) is 2.45. The van der Waals surface area contributed by atoms with E-state index in [1.54, 1.807) is 11.8 Å². The van der Waals surface area contributed by atoms with E-state index < -0.39 is 0 Å². The monoisotopic (exact) mass is 276 g/mol. The van der Waals surface area contributed by atoms with Gasteiger partial charge in [0.05, 0.1) is 21.5 Å². The molecule has 0 spiro atoms. The highest BCUT2D eigenvalue weighted by molar-refractivity contribution is 8.02. The van der Waals surface area contributed by atoms with Crippen LogP contribution < -0.4 is 10.2 Å². The molecule has 1 aromatic rings. The second kappa shape index (κ2) is 3.92. The Labute approximate surface area is 118 Å². The molecule has 4 heteroatoms. The maximum absolute atomic E-state index is 12.5. The summed E-state index contributed by atoms with van der Waals surface area (Å²) in [6.45, 7) is 8.60. The van der Waals surface area contributed by atoms with E-state index in [2.05, 4.69) is 32.2 Å². The second-order valence-electron chi connectivity index (χ2n) is 6.31. The Hall–Kier alpha value is -1.16. The Bertz CT molecular complexity index is 543. The van der Waals surface area contributed by atoms with Crippen LogP contribution in [0.5, 0.6) is 0 Å². The number of para-hydroxylation sites is 2. The summed E-state index contributed by atoms with van der Waals surface area (Å²) in [6.07, 6.45) is 0.926. The van der Waals surface area contributed by atoms with Crippen LogP contribution in [0, 0.1) is 0 Å². The standard InChI is InChI=1S/C15H20N2OS/c1-10-13(18)17-12-8-6-5-7-11(12)16-14(2,3)9-15(17,4)19-10/h5-8,10,16H,9H2,1-4H3. The van der Waals surface area contributed by atoms with Crippen molar-refractivity contribution in [2.24, 2.45) is 0 Å². The average molecular weight is 276 g/mol. The summed E-state index contributed by atoms with van der Waals surface area (Å²) < 4.78 is 0. The van der Waals surface area contributed by atoms with Gasteiger partial charge in [-0.15, -0.1) is 11.8 Å². The van der Waals surface area contributed by atoms with E-state index in [1.165, 1.54) is 0 Å². The number of thioether (sulfide) groups is 1. The summed E-state index contributed by atoms with van der Waals surface area (Å²) in [6, 6.07) is 8.12. The molecule has 0 aromatic heterocycles. The van der Waals surface area contributed by atoms with Gasteiger partial charge in [-0.2, -0.15) is 0 Å². The SMILES string of the molecule is CC1SC2(C)CC(C)(C)Nc3ccccc3N2C1=O. The van der Waals surface area contributed by atoms with Crippen LogP contribution in [-0.2, 0) is 4.79 Å². The lowest BCUT2D eigenvalue weighted by Gasteiger charge is -2.36. The van der Waals surface area contributed by atoms with Crippen molar-refractivity contribution >= 4 is 29.0 Å². The van der Waals surface area contributed by atoms with Crippen molar-refractivity contribution in [2.75, 3.05) is 10.2 Å². The Balaban J connectivity index is 2.20. The van der Waals surface area contributed by atoms with Gasteiger partial charge in [-0.25, -0.2) is 0 Å². The minimum atomic E-state index is -0.167. The first kappa shape index (κ1) is 12.9. The highest BCUT2D eigenvalue weighted by Gasteiger charge is 2.52. The number of hydrogen-bond acceptors (Lipinski definition) is 3. The molecule has 3 rings (SSSR count). The van der Waals surface area contributed by atoms with Crippen LogP contribution in [0.1, 0.15) is 34.1 Å². The summed E-state index contributed by atoms with van der Waals surface area (Å²) in [7, 11) is 0. The second-order valence-corrected chi connectivity index (χ2v) is 8.13. The Kier molecular flexibility index (Phi) is 2.65. The van der Waals surface area contributed by atoms with Crippen molar-refractivity contribution in [3.05, 3.63) is 24.3 Å². The maximum atomic E-state index is 12.5. The molecular weight excluding hydrogens is 256 g/mol. The number of benzene rings is 1. The number of carbonyl (C=O) groups excluding carboxylic acids is 1. The molecular formula is C15H20N2OS. The van der Waals surface area contributed by atoms with Gasteiger partial charge in [0, 0.05) is 12.0 Å². The first-order valence-electron chi connectivity index (χ1n) is 6.72. The Morgan fingerprint density at radius 1 is 1.32 bits per heavy atom. The van der Waals surface area contributed by atoms with E-state index in [-0.39, 0.29) is 21.6 Å². The lowest BCUT2D eigenvalue weighted by molar-refractivity contribution is -0.117. The number of rotatable bonds is 0. The summed E-state index contributed by atoms with van der Waals surface area (Å²) in [5, 5.41) is 3.61. The molecule has 0 saturated carbocycles. The van der Waals surface area contributed by atoms with Crippen LogP contribution in [0.2, 0.25) is 0 Å². The fourth-order valence-electron chi connectivity index (χ4n) is 3.40. The van der Waals surface area contributed by atoms with E-state index >= 15 is 0 Å². The number of nitrogens with one attached hydrogen (secondary N) is 1. The number of fused-ring (bicyclic) bond motifs is 3. The third-order valence-corrected chi connectivity index (χ3v) is 5.25. The molecule has 2 heterocycles. The third kappa shape index (κ3) is 1.93. The van der Waals surface area contributed by atoms with Crippen molar-refractivity contribution < 1.29 is 4.79 Å². The van der Waals surface area contributed by atoms with E-state index in [9.17, 15) is 4.79 Å². The first-order chi connectivity index (χ1) is 8.82. The normalized spacial score (nSPS) is 32.3. The van der Waals surface area contributed by atoms with Gasteiger partial charge >= 0.3 is 0 Å². The fraction of sp³-hybridized carbons (Fsp3) is 0.533. The summed E-state index contributed by atoms with van der Waals surface area (Å²) in [5.74, 6) is 0.222. The van der Waals surface area contributed by atoms with Gasteiger partial charge in [0.2, 0.25) is 5.91 Å². The lowest BCUT2D eigenvalue weighted by Crippen LogP contribution is -2.46. The number of carbonyl (C=O) groups is 1. The van der Waals surface area contributed by atoms with Crippen molar-refractivity contribution in [2.45, 2.75) is 49.8 Å². The fourth-order valence-corrected chi connectivity index (χ4v) is 5.10. The van der Waals surface area contributed by atoms with E-state index in [4.69, 9.17) is 0 Å². The van der Waals surface area contributed by atoms with Gasteiger partial charge in [0.1, 0.15) is 0 Å². The zero-order valence-electron chi connectivity index (χ0n) is 11.9. The van der Waals surface area contributed by atoms with Gasteiger partial charge in [-0.05, 0) is 39.8 Å². The smallest absolute Gasteiger partial charge is 0.241 e. The molecule has 2 atom stereocenters. The molecule has 0 radical (unpaired) electrons. The van der Waals surface area contributed by atoms with Crippen molar-refractivity contribution in [3.8, 4) is 0 Å². The molecule has 1 saturated heterocycles. The minimum Gasteiger partial charge on any atom is -0.378 e. The van der Waals surface area contributed by atoms with Crippen LogP contribution in [0.4, 0.5) is 11.4 Å². The van der Waals surface area contributed by atoms with Crippen molar-refractivity contribution in [3.63, 3.8) is 0 Å². The van der Waals surface area contributed by atoms with Crippen LogP contribution in [0.15, 0.2) is 24.3 Å². The molecule has 2 aliphatic rings. The summed E-state index contributed by atoms with van der Waals surface area (Å²) in [4.78, 5) is 14.4. The molecule has 102 valence electrons. The molecule has 19 heavy (non-hydrogen) atoms. The zero-order valence-corrected chi connectivity index (χ0v) is 12.7. The summed E-state index contributed by atoms with van der Waals surface area (Å²) >= 11 is 1.78. The molecule has 0 aliphatic carbocycles. The topological polar surface area (TPSA) is 32.3 Å². The van der Waals surface area contributed by atoms with Gasteiger partial charge in [0.25, 0.3) is 0 Å². The summed E-state index contributed by atoms with van der Waals surface area (Å²) in [5.41, 5.74) is 2.04. The van der Waals surface area contributed by atoms with E-state index in [0.29, 0.717) is 0 Å². The molecule has 2 aliphatic heterocycles. The van der Waals surface area contributed by atoms with Gasteiger partial charge in [0.15, 0.2) is 0 Å². The van der Waals surface area contributed by atoms with Crippen molar-refractivity contribution in [1.29, 1.82) is 0 Å². The lowest BCUT2D eigenvalue weighted by atomic mass is 9.95. The molecule has 0 bridgehead atoms. The Morgan fingerprint density at radius 2 is 2.00 bits per heavy atom. The van der Waals surface area contributed by atoms with Crippen molar-refractivity contribution in [1.82, 2.24) is 0 Å². The highest BCUT2D eigenvalue weighted by atomic mass is 32.2. The molecule has 1 aromatic carbocycles. The van der Waals surface area contributed by atoms with Crippen LogP contribution in [0.25, 0.3) is 0 Å². The molecule has 1 fully saturated rings. The van der Waals surface area contributed by atoms with Gasteiger partial charge < -0.3 is 5.32 Å². The van der Waals surface area contributed by atoms with E-state index in [1.807, 2.05) is 30.0 Å². The third-order valence-electron chi connectivity index (χ3n) is 3.86. The maximum Gasteiger partial charge on any atom is 0.241 e. The molecule has 3 nitrogen and oxygen atoms in total. The number of nitrogens with zero attached hydrogens (tertiary/aromatic N) is 1. The zero-order chi connectivity index (χ0) is 13.8. The van der Waals surface area contributed by atoms with Gasteiger partial charge in [-0.3, -0.25) is 9.69 Å². The van der Waals surface area contributed by atoms with Crippen LogP contribution >= 0.6 is 11.8 Å². The molecule has 2 unspecified atom stereocenters. The number of hydrogen-bond donors (Lipinski definition) is 1. The minimum absolute atomic E-state index is 0.0308. The predicted molar refractivity (Wildman–Crippen MR) is 81.7 cm³/mol. The first-order valence-corrected chi connectivity index (χ1v) is 7.59. The van der Waals surface area contributed by atoms with Crippen LogP contribution in [-0.4, -0.2) is 21.6 Å². The number of amides is 1. The Morgan fingerprint density at radius 3 is 2.74 bits per heavy atom. The quantitative estimate of drug-likeness (QED) is 0.787. The number of anilines is 2. The van der Waals surface area contributed by atoms with Crippen LogP contribution in [0.3, 0.4) is 0 Å². The predicted octanol–water partition coefficient (Wildman–Crippen LogP) is 3.47. The van der Waals surface area contributed by atoms with Gasteiger partial charge in [-0.1, -0.05) is 12.1 Å². The molecule has 1 amide bonds.